The molecule has 5 aromatic rings. The number of nitrogens with two attached hydrogens (primary N) is 3. The van der Waals surface area contributed by atoms with Crippen LogP contribution in [0.2, 0.25) is 0 Å². The number of carbonyl (C=O) groups excluding carboxylic acids is 3. The minimum Gasteiger partial charge on any atom is -0.493 e. The van der Waals surface area contributed by atoms with E-state index >= 15 is 0 Å². The van der Waals surface area contributed by atoms with Gasteiger partial charge in [0.05, 0.1) is 116 Å². The van der Waals surface area contributed by atoms with Crippen LogP contribution in [0.25, 0.3) is 33.7 Å². The third-order valence-electron chi connectivity index (χ3n) is 10.7. The normalized spacial score (nSPS) is 13.0. The fraction of sp³-hybridized carbons (Fsp3) is 0.373. The summed E-state index contributed by atoms with van der Waals surface area (Å²) in [4.78, 5) is 51.9. The minimum absolute atomic E-state index is 0.0190. The van der Waals surface area contributed by atoms with Gasteiger partial charge in [-0.05, 0) is 35.9 Å². The molecule has 0 fully saturated rings. The predicted molar refractivity (Wildman–Crippen MR) is 263 cm³/mol. The van der Waals surface area contributed by atoms with Crippen LogP contribution in [0.1, 0.15) is 53.7 Å². The monoisotopic (exact) mass is 952 g/mol. The average Bonchev–Trinajstić information content (AvgIpc) is 3.37. The van der Waals surface area contributed by atoms with E-state index in [0.29, 0.717) is 136 Å². The highest BCUT2D eigenvalue weighted by molar-refractivity contribution is 6.02. The minimum atomic E-state index is -0.541. The molecule has 0 atom stereocenters. The Morgan fingerprint density at radius 2 is 1.32 bits per heavy atom. The van der Waals surface area contributed by atoms with Gasteiger partial charge >= 0.3 is 0 Å². The summed E-state index contributed by atoms with van der Waals surface area (Å²) in [7, 11) is 2.98. The Labute approximate surface area is 402 Å². The topological polar surface area (TPSA) is 243 Å². The number of nitrogens with one attached hydrogen (secondary N) is 1. The molecule has 6 rings (SSSR count). The number of carbonyl (C=O) groups is 3. The number of hydrogen-bond donors (Lipinski definition) is 4. The number of anilines is 1. The highest BCUT2D eigenvalue weighted by Crippen LogP contribution is 2.38. The number of primary amides is 1. The highest BCUT2D eigenvalue weighted by Gasteiger charge is 2.28. The van der Waals surface area contributed by atoms with Gasteiger partial charge in [0.1, 0.15) is 5.76 Å². The molecule has 4 aromatic carbocycles. The van der Waals surface area contributed by atoms with Gasteiger partial charge in [-0.2, -0.15) is 0 Å². The number of hydrogen-bond acceptors (Lipinski definition) is 15. The van der Waals surface area contributed by atoms with Crippen LogP contribution in [0, 0.1) is 0 Å². The van der Waals surface area contributed by atoms with Crippen molar-refractivity contribution in [3.63, 3.8) is 0 Å². The third-order valence-corrected chi connectivity index (χ3v) is 10.7. The first-order chi connectivity index (χ1) is 33.6. The first kappa shape index (κ1) is 53.2. The smallest absolute Gasteiger partial charge is 0.251 e. The maximum atomic E-state index is 13.3. The molecule has 0 spiro atoms. The lowest BCUT2D eigenvalue weighted by Gasteiger charge is -2.33. The van der Waals surface area contributed by atoms with Gasteiger partial charge in [0.25, 0.3) is 5.91 Å². The molecule has 1 aliphatic rings. The van der Waals surface area contributed by atoms with Crippen LogP contribution in [0.15, 0.2) is 100 Å². The van der Waals surface area contributed by atoms with Gasteiger partial charge in [0, 0.05) is 47.7 Å². The molecular formula is C51H64N6O12. The molecule has 18 nitrogen and oxygen atoms in total. The molecule has 0 saturated heterocycles. The summed E-state index contributed by atoms with van der Waals surface area (Å²) in [5.41, 5.74) is 17.2. The maximum Gasteiger partial charge on any atom is 0.251 e. The van der Waals surface area contributed by atoms with Gasteiger partial charge < -0.3 is 64.3 Å². The van der Waals surface area contributed by atoms with E-state index < -0.39 is 5.91 Å². The summed E-state index contributed by atoms with van der Waals surface area (Å²) in [6.45, 7) is 8.55. The van der Waals surface area contributed by atoms with Gasteiger partial charge in [-0.3, -0.25) is 19.2 Å². The lowest BCUT2D eigenvalue weighted by molar-refractivity contribution is -0.123. The van der Waals surface area contributed by atoms with Crippen molar-refractivity contribution in [3.05, 3.63) is 123 Å². The zero-order chi connectivity index (χ0) is 49.5. The Hall–Kier alpha value is -6.80. The summed E-state index contributed by atoms with van der Waals surface area (Å²) in [5.74, 6) is 6.69. The van der Waals surface area contributed by atoms with Crippen molar-refractivity contribution >= 4 is 45.8 Å². The molecule has 1 aromatic heterocycles. The van der Waals surface area contributed by atoms with Gasteiger partial charge in [-0.25, -0.2) is 5.84 Å². The summed E-state index contributed by atoms with van der Waals surface area (Å²) < 4.78 is 45.0. The van der Waals surface area contributed by atoms with Gasteiger partial charge in [0.15, 0.2) is 16.8 Å². The van der Waals surface area contributed by atoms with Crippen LogP contribution in [0.5, 0.6) is 11.5 Å². The summed E-state index contributed by atoms with van der Waals surface area (Å²) >= 11 is 0. The lowest BCUT2D eigenvalue weighted by atomic mass is 9.95. The molecule has 18 heteroatoms. The molecule has 0 bridgehead atoms. The number of methoxy groups -OCH3 is 2. The Morgan fingerprint density at radius 3 is 1.94 bits per heavy atom. The number of amides is 3. The van der Waals surface area contributed by atoms with E-state index in [9.17, 15) is 19.2 Å². The lowest BCUT2D eigenvalue weighted by Crippen LogP contribution is -2.37. The predicted octanol–water partition coefficient (Wildman–Crippen LogP) is 5.09. The Bertz CT molecular complexity index is 2550. The summed E-state index contributed by atoms with van der Waals surface area (Å²) in [6, 6.07) is 26.4. The van der Waals surface area contributed by atoms with Gasteiger partial charge in [-0.15, -0.1) is 0 Å². The van der Waals surface area contributed by atoms with Crippen molar-refractivity contribution in [2.45, 2.75) is 33.2 Å². The molecule has 0 unspecified atom stereocenters. The zero-order valence-corrected chi connectivity index (χ0v) is 39.8. The SMILES string of the molecule is CC.COc1ccc2c(=O)cc(-c3ccc(C(=O)NCCOCCOCCOCCOCCOCCN(N)/C4=C(\N)c5ccccc5N(C(=O)CCC(N)=O)Cc5ccccc54)cc3)oc2c1OC. The van der Waals surface area contributed by atoms with Crippen LogP contribution < -0.4 is 42.4 Å². The van der Waals surface area contributed by atoms with Crippen LogP contribution in [0.3, 0.4) is 0 Å². The maximum absolute atomic E-state index is 13.3. The fourth-order valence-corrected chi connectivity index (χ4v) is 7.30. The molecule has 0 aliphatic carbocycles. The van der Waals surface area contributed by atoms with Crippen LogP contribution >= 0.6 is 0 Å². The first-order valence-corrected chi connectivity index (χ1v) is 22.9. The van der Waals surface area contributed by atoms with E-state index in [4.69, 9.17) is 54.9 Å². The number of rotatable bonds is 26. The van der Waals surface area contributed by atoms with Crippen molar-refractivity contribution in [1.29, 1.82) is 0 Å². The van der Waals surface area contributed by atoms with Gasteiger partial charge in [0.2, 0.25) is 17.6 Å². The van der Waals surface area contributed by atoms with Gasteiger partial charge in [-0.1, -0.05) is 68.4 Å². The van der Waals surface area contributed by atoms with E-state index in [2.05, 4.69) is 5.32 Å². The van der Waals surface area contributed by atoms with Crippen LogP contribution in [-0.4, -0.2) is 116 Å². The number of ether oxygens (including phenoxy) is 7. The molecule has 0 saturated carbocycles. The Balaban J connectivity index is 0.00000438. The van der Waals surface area contributed by atoms with E-state index in [1.54, 1.807) is 46.3 Å². The van der Waals surface area contributed by atoms with Crippen molar-refractivity contribution < 1.29 is 52.0 Å². The molecular weight excluding hydrogens is 889 g/mol. The molecule has 1 aliphatic heterocycles. The fourth-order valence-electron chi connectivity index (χ4n) is 7.30. The van der Waals surface area contributed by atoms with Crippen molar-refractivity contribution in [2.24, 2.45) is 17.3 Å². The molecule has 0 radical (unpaired) electrons. The number of benzene rings is 4. The summed E-state index contributed by atoms with van der Waals surface area (Å²) in [5, 5.41) is 4.76. The number of hydrazine groups is 1. The average molecular weight is 953 g/mol. The van der Waals surface area contributed by atoms with E-state index in [-0.39, 0.29) is 42.2 Å². The molecule has 370 valence electrons. The Kier molecular flexibility index (Phi) is 21.5. The number of fused-ring (bicyclic) bond motifs is 3. The van der Waals surface area contributed by atoms with Crippen molar-refractivity contribution in [3.8, 4) is 22.8 Å². The number of para-hydroxylation sites is 1. The third kappa shape index (κ3) is 14.8. The Morgan fingerprint density at radius 1 is 0.725 bits per heavy atom. The second-order valence-corrected chi connectivity index (χ2v) is 15.1. The second kappa shape index (κ2) is 27.9. The quantitative estimate of drug-likeness (QED) is 0.0321. The molecule has 69 heavy (non-hydrogen) atoms. The first-order valence-electron chi connectivity index (χ1n) is 22.9. The standard InChI is InChI=1S/C49H58N6O12.C2H6/c1-60-41-16-15-38-40(56)31-42(67-47(38)48(41)61-2)33-11-13-34(14-12-33)49(59)53-19-21-62-23-25-64-27-29-66-30-28-65-26-24-63-22-20-55(52)46-36-8-4-3-7-35(36)32-54(44(58)18-17-43(50)57)39-10-6-5-9-37(39)45(46)51;1-2/h3-16,31H,17-30,32,51-52H2,1-2H3,(H2,50,57)(H,53,59);1-2H3/b46-45-;. The van der Waals surface area contributed by atoms with Crippen molar-refractivity contribution in [2.75, 3.05) is 98.3 Å². The van der Waals surface area contributed by atoms with Crippen LogP contribution in [0.4, 0.5) is 5.69 Å². The van der Waals surface area contributed by atoms with Crippen LogP contribution in [-0.2, 0) is 39.8 Å². The summed E-state index contributed by atoms with van der Waals surface area (Å²) in [6.07, 6.45) is -0.0718. The zero-order valence-electron chi connectivity index (χ0n) is 39.8. The van der Waals surface area contributed by atoms with E-state index in [0.717, 1.165) is 11.1 Å². The van der Waals surface area contributed by atoms with E-state index in [1.807, 2.05) is 62.4 Å². The largest absolute Gasteiger partial charge is 0.493 e. The highest BCUT2D eigenvalue weighted by atomic mass is 16.6. The van der Waals surface area contributed by atoms with E-state index in [1.165, 1.54) is 20.3 Å². The molecule has 3 amide bonds. The molecule has 2 heterocycles. The molecule has 7 N–H and O–H groups in total. The second-order valence-electron chi connectivity index (χ2n) is 15.1. The number of nitrogens with zero attached hydrogens (tertiary/aromatic N) is 2. The van der Waals surface area contributed by atoms with Crippen molar-refractivity contribution in [1.82, 2.24) is 10.3 Å².